The number of imide groups is 1. The van der Waals surface area contributed by atoms with E-state index in [2.05, 4.69) is 5.32 Å². The van der Waals surface area contributed by atoms with Crippen LogP contribution in [0.1, 0.15) is 29.6 Å². The second kappa shape index (κ2) is 5.68. The van der Waals surface area contributed by atoms with Crippen molar-refractivity contribution in [3.8, 4) is 0 Å². The normalized spacial score (nSPS) is 29.8. The summed E-state index contributed by atoms with van der Waals surface area (Å²) >= 11 is 0. The lowest BCUT2D eigenvalue weighted by atomic mass is 9.81. The first-order chi connectivity index (χ1) is 12.0. The number of amides is 3. The van der Waals surface area contributed by atoms with Crippen molar-refractivity contribution < 1.29 is 24.3 Å². The maximum atomic E-state index is 12.6. The number of carboxylic acid groups (broad SMARTS) is 1. The van der Waals surface area contributed by atoms with Crippen molar-refractivity contribution in [3.63, 3.8) is 0 Å². The molecule has 2 saturated carbocycles. The molecule has 2 aliphatic carbocycles. The van der Waals surface area contributed by atoms with E-state index in [1.165, 1.54) is 18.2 Å². The van der Waals surface area contributed by atoms with Crippen molar-refractivity contribution >= 4 is 29.4 Å². The van der Waals surface area contributed by atoms with Crippen molar-refractivity contribution in [2.24, 2.45) is 23.7 Å². The zero-order valence-electron chi connectivity index (χ0n) is 13.5. The van der Waals surface area contributed by atoms with Crippen LogP contribution in [-0.4, -0.2) is 40.2 Å². The van der Waals surface area contributed by atoms with Gasteiger partial charge in [0.1, 0.15) is 6.54 Å². The highest BCUT2D eigenvalue weighted by Gasteiger charge is 2.60. The van der Waals surface area contributed by atoms with Gasteiger partial charge in [0.2, 0.25) is 17.7 Å². The highest BCUT2D eigenvalue weighted by molar-refractivity contribution is 6.09. The number of hydrogen-bond acceptors (Lipinski definition) is 4. The van der Waals surface area contributed by atoms with Gasteiger partial charge in [-0.2, -0.15) is 0 Å². The molecular formula is C18H18N2O5. The monoisotopic (exact) mass is 342 g/mol. The van der Waals surface area contributed by atoms with E-state index >= 15 is 0 Å². The van der Waals surface area contributed by atoms with Crippen LogP contribution in [0.3, 0.4) is 0 Å². The summed E-state index contributed by atoms with van der Waals surface area (Å²) in [5.41, 5.74) is 0.376. The number of aromatic carboxylic acids is 1. The number of likely N-dealkylation sites (tertiary alicyclic amines) is 1. The molecule has 4 rings (SSSR count). The lowest BCUT2D eigenvalue weighted by Gasteiger charge is -2.19. The molecule has 2 N–H and O–H groups in total. The van der Waals surface area contributed by atoms with Crippen LogP contribution >= 0.6 is 0 Å². The van der Waals surface area contributed by atoms with Gasteiger partial charge in [-0.25, -0.2) is 4.79 Å². The first kappa shape index (κ1) is 15.8. The molecule has 3 amide bonds. The van der Waals surface area contributed by atoms with Crippen molar-refractivity contribution in [3.05, 3.63) is 29.8 Å². The van der Waals surface area contributed by atoms with Crippen LogP contribution < -0.4 is 5.32 Å². The highest BCUT2D eigenvalue weighted by Crippen LogP contribution is 2.56. The molecule has 130 valence electrons. The maximum Gasteiger partial charge on any atom is 0.335 e. The molecule has 7 heteroatoms. The summed E-state index contributed by atoms with van der Waals surface area (Å²) in [6.45, 7) is -0.318. The molecule has 1 heterocycles. The Hall–Kier alpha value is -2.70. The largest absolute Gasteiger partial charge is 0.478 e. The molecule has 0 aromatic heterocycles. The van der Waals surface area contributed by atoms with Crippen LogP contribution in [0.4, 0.5) is 5.69 Å². The standard InChI is InChI=1S/C18H18N2O5/c21-13(19-12-3-1-2-11(7-12)18(24)25)8-20-16(22)14-9-4-5-10(6-9)15(14)17(20)23/h1-3,7,9-10,14-15H,4-6,8H2,(H,19,21)(H,24,25)/t9-,10-,14+,15+/m0/s1. The number of carboxylic acids is 1. The molecule has 1 aromatic carbocycles. The van der Waals surface area contributed by atoms with E-state index in [0.717, 1.165) is 24.2 Å². The quantitative estimate of drug-likeness (QED) is 0.804. The van der Waals surface area contributed by atoms with E-state index < -0.39 is 11.9 Å². The van der Waals surface area contributed by atoms with Crippen LogP contribution in [0, 0.1) is 23.7 Å². The Labute approximate surface area is 144 Å². The molecule has 25 heavy (non-hydrogen) atoms. The predicted molar refractivity (Wildman–Crippen MR) is 86.6 cm³/mol. The van der Waals surface area contributed by atoms with E-state index in [0.29, 0.717) is 5.69 Å². The zero-order valence-corrected chi connectivity index (χ0v) is 13.5. The summed E-state index contributed by atoms with van der Waals surface area (Å²) in [5.74, 6) is -1.96. The summed E-state index contributed by atoms with van der Waals surface area (Å²) in [6.07, 6.45) is 2.94. The zero-order chi connectivity index (χ0) is 17.7. The molecule has 1 saturated heterocycles. The number of nitrogens with one attached hydrogen (secondary N) is 1. The second-order valence-electron chi connectivity index (χ2n) is 7.08. The van der Waals surface area contributed by atoms with Gasteiger partial charge in [-0.05, 0) is 49.3 Å². The third-order valence-electron chi connectivity index (χ3n) is 5.71. The highest BCUT2D eigenvalue weighted by atomic mass is 16.4. The van der Waals surface area contributed by atoms with Gasteiger partial charge in [0, 0.05) is 5.69 Å². The van der Waals surface area contributed by atoms with Gasteiger partial charge in [-0.3, -0.25) is 19.3 Å². The predicted octanol–water partition coefficient (Wildman–Crippen LogP) is 1.35. The number of carbonyl (C=O) groups is 4. The van der Waals surface area contributed by atoms with E-state index in [1.54, 1.807) is 6.07 Å². The average molecular weight is 342 g/mol. The minimum Gasteiger partial charge on any atom is -0.478 e. The molecule has 1 aliphatic heterocycles. The maximum absolute atomic E-state index is 12.6. The Balaban J connectivity index is 1.45. The molecule has 0 spiro atoms. The Morgan fingerprint density at radius 3 is 2.36 bits per heavy atom. The van der Waals surface area contributed by atoms with E-state index in [1.807, 2.05) is 0 Å². The van der Waals surface area contributed by atoms with Crippen molar-refractivity contribution in [2.45, 2.75) is 19.3 Å². The molecular weight excluding hydrogens is 324 g/mol. The number of carbonyl (C=O) groups excluding carboxylic acids is 3. The number of benzene rings is 1. The summed E-state index contributed by atoms with van der Waals surface area (Å²) in [4.78, 5) is 49.4. The number of hydrogen-bond donors (Lipinski definition) is 2. The summed E-state index contributed by atoms with van der Waals surface area (Å²) in [7, 11) is 0. The van der Waals surface area contributed by atoms with Gasteiger partial charge in [0.15, 0.2) is 0 Å². The minimum atomic E-state index is -1.09. The van der Waals surface area contributed by atoms with Gasteiger partial charge in [0.05, 0.1) is 17.4 Å². The fourth-order valence-electron chi connectivity index (χ4n) is 4.70. The first-order valence-electron chi connectivity index (χ1n) is 8.44. The van der Waals surface area contributed by atoms with E-state index in [4.69, 9.17) is 5.11 Å². The SMILES string of the molecule is O=C(CN1C(=O)[C@@H]2[C@H]3CC[C@@H](C3)[C@H]2C1=O)Nc1cccc(C(=O)O)c1. The Morgan fingerprint density at radius 1 is 1.12 bits per heavy atom. The third-order valence-corrected chi connectivity index (χ3v) is 5.71. The minimum absolute atomic E-state index is 0.0530. The number of fused-ring (bicyclic) bond motifs is 5. The lowest BCUT2D eigenvalue weighted by molar-refractivity contribution is -0.143. The molecule has 1 aromatic rings. The number of nitrogens with zero attached hydrogens (tertiary/aromatic N) is 1. The number of rotatable bonds is 4. The average Bonchev–Trinajstić information content (AvgIpc) is 3.25. The molecule has 7 nitrogen and oxygen atoms in total. The summed E-state index contributed by atoms with van der Waals surface area (Å²) in [5, 5.41) is 11.5. The third kappa shape index (κ3) is 2.50. The molecule has 0 unspecified atom stereocenters. The smallest absolute Gasteiger partial charge is 0.335 e. The fraction of sp³-hybridized carbons (Fsp3) is 0.444. The van der Waals surface area contributed by atoms with E-state index in [-0.39, 0.29) is 47.6 Å². The van der Waals surface area contributed by atoms with Gasteiger partial charge in [-0.15, -0.1) is 0 Å². The fourth-order valence-corrected chi connectivity index (χ4v) is 4.70. The Morgan fingerprint density at radius 2 is 1.76 bits per heavy atom. The summed E-state index contributed by atoms with van der Waals surface area (Å²) in [6, 6.07) is 5.84. The van der Waals surface area contributed by atoms with Crippen molar-refractivity contribution in [1.82, 2.24) is 4.90 Å². The second-order valence-corrected chi connectivity index (χ2v) is 7.08. The van der Waals surface area contributed by atoms with Crippen molar-refractivity contribution in [1.29, 1.82) is 0 Å². The number of anilines is 1. The Bertz CT molecular complexity index is 761. The van der Waals surface area contributed by atoms with Gasteiger partial charge in [-0.1, -0.05) is 6.07 Å². The van der Waals surface area contributed by atoms with Gasteiger partial charge in [0.25, 0.3) is 0 Å². The van der Waals surface area contributed by atoms with Crippen LogP contribution in [-0.2, 0) is 14.4 Å². The van der Waals surface area contributed by atoms with E-state index in [9.17, 15) is 19.2 Å². The van der Waals surface area contributed by atoms with Crippen LogP contribution in [0.25, 0.3) is 0 Å². The van der Waals surface area contributed by atoms with Crippen LogP contribution in [0.2, 0.25) is 0 Å². The van der Waals surface area contributed by atoms with Crippen LogP contribution in [0.5, 0.6) is 0 Å². The molecule has 2 bridgehead atoms. The van der Waals surface area contributed by atoms with Gasteiger partial charge < -0.3 is 10.4 Å². The van der Waals surface area contributed by atoms with Gasteiger partial charge >= 0.3 is 5.97 Å². The lowest BCUT2D eigenvalue weighted by Crippen LogP contribution is -2.39. The molecule has 4 atom stereocenters. The molecule has 0 radical (unpaired) electrons. The molecule has 3 aliphatic rings. The first-order valence-corrected chi connectivity index (χ1v) is 8.44. The molecule has 3 fully saturated rings. The van der Waals surface area contributed by atoms with Crippen molar-refractivity contribution in [2.75, 3.05) is 11.9 Å². The topological polar surface area (TPSA) is 104 Å². The summed E-state index contributed by atoms with van der Waals surface area (Å²) < 4.78 is 0. The Kier molecular flexibility index (Phi) is 3.59. The van der Waals surface area contributed by atoms with Crippen LogP contribution in [0.15, 0.2) is 24.3 Å².